The fraction of sp³-hybridized carbons (Fsp3) is 0.909. The Balaban J connectivity index is 2.09. The molecular formula is C11H21NO2. The number of hydrogen-bond acceptors (Lipinski definition) is 2. The molecule has 1 fully saturated rings. The van der Waals surface area contributed by atoms with E-state index in [1.807, 2.05) is 0 Å². The van der Waals surface area contributed by atoms with Gasteiger partial charge < -0.3 is 10.0 Å². The van der Waals surface area contributed by atoms with Gasteiger partial charge in [0.25, 0.3) is 0 Å². The summed E-state index contributed by atoms with van der Waals surface area (Å²) in [6, 6.07) is 0. The monoisotopic (exact) mass is 199 g/mol. The second kappa shape index (κ2) is 6.02. The Morgan fingerprint density at radius 2 is 2.21 bits per heavy atom. The minimum absolute atomic E-state index is 0.220. The number of rotatable bonds is 5. The lowest BCUT2D eigenvalue weighted by Crippen LogP contribution is -2.29. The van der Waals surface area contributed by atoms with E-state index in [0.29, 0.717) is 13.0 Å². The topological polar surface area (TPSA) is 40.5 Å². The summed E-state index contributed by atoms with van der Waals surface area (Å²) in [5.74, 6) is 0.220. The van der Waals surface area contributed by atoms with Gasteiger partial charge >= 0.3 is 0 Å². The molecule has 1 heterocycles. The van der Waals surface area contributed by atoms with Gasteiger partial charge in [0.2, 0.25) is 5.91 Å². The molecule has 3 nitrogen and oxygen atoms in total. The lowest BCUT2D eigenvalue weighted by atomic mass is 10.1. The van der Waals surface area contributed by atoms with Crippen LogP contribution in [0.5, 0.6) is 0 Å². The lowest BCUT2D eigenvalue weighted by molar-refractivity contribution is -0.130. The van der Waals surface area contributed by atoms with Crippen molar-refractivity contribution in [2.24, 2.45) is 0 Å². The molecule has 1 aliphatic heterocycles. The summed E-state index contributed by atoms with van der Waals surface area (Å²) in [5, 5.41) is 9.26. The number of amides is 1. The van der Waals surface area contributed by atoms with Crippen molar-refractivity contribution in [1.82, 2.24) is 4.90 Å². The van der Waals surface area contributed by atoms with Gasteiger partial charge in [-0.25, -0.2) is 0 Å². The summed E-state index contributed by atoms with van der Waals surface area (Å²) in [5.41, 5.74) is 0. The minimum atomic E-state index is -0.283. The summed E-state index contributed by atoms with van der Waals surface area (Å²) in [7, 11) is 0. The first-order valence-corrected chi connectivity index (χ1v) is 5.70. The summed E-state index contributed by atoms with van der Waals surface area (Å²) in [4.78, 5) is 13.4. The number of hydrogen-bond donors (Lipinski definition) is 1. The molecule has 0 aliphatic carbocycles. The van der Waals surface area contributed by atoms with E-state index in [1.54, 1.807) is 4.90 Å². The van der Waals surface area contributed by atoms with Crippen LogP contribution in [0.15, 0.2) is 0 Å². The SMILES string of the molecule is CCCCCCC(=O)N1CC[C@H](O)C1. The van der Waals surface area contributed by atoms with Gasteiger partial charge in [-0.1, -0.05) is 26.2 Å². The highest BCUT2D eigenvalue weighted by Gasteiger charge is 2.23. The maximum Gasteiger partial charge on any atom is 0.222 e. The Hall–Kier alpha value is -0.570. The van der Waals surface area contributed by atoms with Crippen molar-refractivity contribution in [3.63, 3.8) is 0 Å². The molecule has 0 aromatic carbocycles. The maximum atomic E-state index is 11.6. The molecular weight excluding hydrogens is 178 g/mol. The average Bonchev–Trinajstić information content (AvgIpc) is 2.59. The molecule has 82 valence electrons. The van der Waals surface area contributed by atoms with Gasteiger partial charge in [0.05, 0.1) is 6.10 Å². The predicted molar refractivity (Wildman–Crippen MR) is 56.0 cm³/mol. The van der Waals surface area contributed by atoms with Gasteiger partial charge in [0.1, 0.15) is 0 Å². The van der Waals surface area contributed by atoms with E-state index in [9.17, 15) is 9.90 Å². The van der Waals surface area contributed by atoms with Gasteiger partial charge in [-0.2, -0.15) is 0 Å². The molecule has 0 spiro atoms. The average molecular weight is 199 g/mol. The zero-order chi connectivity index (χ0) is 10.4. The van der Waals surface area contributed by atoms with Crippen LogP contribution in [-0.4, -0.2) is 35.1 Å². The first kappa shape index (κ1) is 11.5. The van der Waals surface area contributed by atoms with Gasteiger partial charge in [-0.15, -0.1) is 0 Å². The molecule has 0 aromatic heterocycles. The number of likely N-dealkylation sites (tertiary alicyclic amines) is 1. The van der Waals surface area contributed by atoms with Gasteiger partial charge in [0.15, 0.2) is 0 Å². The molecule has 1 rings (SSSR count). The van der Waals surface area contributed by atoms with Crippen LogP contribution in [0.2, 0.25) is 0 Å². The number of aliphatic hydroxyl groups excluding tert-OH is 1. The standard InChI is InChI=1S/C11H21NO2/c1-2-3-4-5-6-11(14)12-8-7-10(13)9-12/h10,13H,2-9H2,1H3/t10-/m0/s1. The third kappa shape index (κ3) is 3.66. The largest absolute Gasteiger partial charge is 0.391 e. The Labute approximate surface area is 86.1 Å². The number of unbranched alkanes of at least 4 members (excludes halogenated alkanes) is 3. The van der Waals surface area contributed by atoms with Crippen molar-refractivity contribution in [1.29, 1.82) is 0 Å². The first-order valence-electron chi connectivity index (χ1n) is 5.70. The normalized spacial score (nSPS) is 21.6. The number of nitrogens with zero attached hydrogens (tertiary/aromatic N) is 1. The molecule has 0 aromatic rings. The molecule has 3 heteroatoms. The van der Waals surface area contributed by atoms with E-state index < -0.39 is 0 Å². The van der Waals surface area contributed by atoms with Gasteiger partial charge in [-0.3, -0.25) is 4.79 Å². The molecule has 1 N–H and O–H groups in total. The smallest absolute Gasteiger partial charge is 0.222 e. The fourth-order valence-corrected chi connectivity index (χ4v) is 1.83. The number of β-amino-alcohol motifs (C(OH)–C–C–N with tert-alkyl or cyclic N) is 1. The van der Waals surface area contributed by atoms with Crippen molar-refractivity contribution >= 4 is 5.91 Å². The van der Waals surface area contributed by atoms with Gasteiger partial charge in [-0.05, 0) is 12.8 Å². The van der Waals surface area contributed by atoms with E-state index in [2.05, 4.69) is 6.92 Å². The predicted octanol–water partition coefficient (Wildman–Crippen LogP) is 1.55. The second-order valence-electron chi connectivity index (χ2n) is 4.09. The van der Waals surface area contributed by atoms with Crippen LogP contribution in [0.3, 0.4) is 0 Å². The number of aliphatic hydroxyl groups is 1. The molecule has 0 saturated carbocycles. The highest BCUT2D eigenvalue weighted by atomic mass is 16.3. The molecule has 1 amide bonds. The molecule has 0 unspecified atom stereocenters. The Bertz CT molecular complexity index is 182. The number of carbonyl (C=O) groups is 1. The quantitative estimate of drug-likeness (QED) is 0.682. The summed E-state index contributed by atoms with van der Waals surface area (Å²) in [6.07, 6.45) is 5.70. The second-order valence-corrected chi connectivity index (χ2v) is 4.09. The van der Waals surface area contributed by atoms with Crippen molar-refractivity contribution in [3.05, 3.63) is 0 Å². The van der Waals surface area contributed by atoms with Crippen molar-refractivity contribution in [2.45, 2.75) is 51.6 Å². The Kier molecular flexibility index (Phi) is 4.94. The summed E-state index contributed by atoms with van der Waals surface area (Å²) in [6.45, 7) is 3.46. The Morgan fingerprint density at radius 1 is 1.43 bits per heavy atom. The fourth-order valence-electron chi connectivity index (χ4n) is 1.83. The Morgan fingerprint density at radius 3 is 2.79 bits per heavy atom. The van der Waals surface area contributed by atoms with Crippen molar-refractivity contribution in [3.8, 4) is 0 Å². The summed E-state index contributed by atoms with van der Waals surface area (Å²) >= 11 is 0. The van der Waals surface area contributed by atoms with E-state index in [4.69, 9.17) is 0 Å². The van der Waals surface area contributed by atoms with Crippen LogP contribution in [0.25, 0.3) is 0 Å². The zero-order valence-electron chi connectivity index (χ0n) is 9.04. The molecule has 0 bridgehead atoms. The highest BCUT2D eigenvalue weighted by Crippen LogP contribution is 2.12. The summed E-state index contributed by atoms with van der Waals surface area (Å²) < 4.78 is 0. The molecule has 1 saturated heterocycles. The van der Waals surface area contributed by atoms with Gasteiger partial charge in [0, 0.05) is 19.5 Å². The molecule has 1 aliphatic rings. The third-order valence-corrected chi connectivity index (χ3v) is 2.76. The number of carbonyl (C=O) groups excluding carboxylic acids is 1. The van der Waals surface area contributed by atoms with Crippen LogP contribution >= 0.6 is 0 Å². The van der Waals surface area contributed by atoms with Crippen LogP contribution < -0.4 is 0 Å². The maximum absolute atomic E-state index is 11.6. The van der Waals surface area contributed by atoms with Crippen LogP contribution in [-0.2, 0) is 4.79 Å². The van der Waals surface area contributed by atoms with Crippen molar-refractivity contribution in [2.75, 3.05) is 13.1 Å². The third-order valence-electron chi connectivity index (χ3n) is 2.76. The van der Waals surface area contributed by atoms with Crippen LogP contribution in [0, 0.1) is 0 Å². The van der Waals surface area contributed by atoms with E-state index >= 15 is 0 Å². The molecule has 0 radical (unpaired) electrons. The van der Waals surface area contributed by atoms with E-state index in [0.717, 1.165) is 25.8 Å². The minimum Gasteiger partial charge on any atom is -0.391 e. The van der Waals surface area contributed by atoms with Crippen molar-refractivity contribution < 1.29 is 9.90 Å². The first-order chi connectivity index (χ1) is 6.74. The van der Waals surface area contributed by atoms with E-state index in [1.165, 1.54) is 12.8 Å². The molecule has 1 atom stereocenters. The lowest BCUT2D eigenvalue weighted by Gasteiger charge is -2.14. The van der Waals surface area contributed by atoms with E-state index in [-0.39, 0.29) is 12.0 Å². The van der Waals surface area contributed by atoms with Crippen LogP contribution in [0.4, 0.5) is 0 Å². The highest BCUT2D eigenvalue weighted by molar-refractivity contribution is 5.76. The van der Waals surface area contributed by atoms with Crippen LogP contribution in [0.1, 0.15) is 45.4 Å². The molecule has 14 heavy (non-hydrogen) atoms. The zero-order valence-corrected chi connectivity index (χ0v) is 9.04.